The van der Waals surface area contributed by atoms with E-state index in [1.807, 2.05) is 72.4 Å². The highest BCUT2D eigenvalue weighted by molar-refractivity contribution is 9.10. The summed E-state index contributed by atoms with van der Waals surface area (Å²) in [5, 5.41) is 10.1. The number of rotatable bonds is 3. The van der Waals surface area contributed by atoms with Crippen LogP contribution < -0.4 is 9.47 Å². The Labute approximate surface area is 121 Å². The number of hydrogen-bond donors (Lipinski definition) is 1. The van der Waals surface area contributed by atoms with Crippen LogP contribution in [-0.2, 0) is 0 Å². The maximum Gasteiger partial charge on any atom is 0.216 e. The molecule has 0 spiro atoms. The lowest BCUT2D eigenvalue weighted by atomic mass is 10.2. The minimum Gasteiger partial charge on any atom is -0.502 e. The van der Waals surface area contributed by atoms with Gasteiger partial charge in [-0.1, -0.05) is 15.9 Å². The SMILES string of the molecule is CN(C)c1cc[n+](/C=C(/O)c2ccc(Br)cc2)cc1. The van der Waals surface area contributed by atoms with Crippen molar-refractivity contribution in [2.75, 3.05) is 19.0 Å². The van der Waals surface area contributed by atoms with Crippen LogP contribution in [0.2, 0.25) is 0 Å². The van der Waals surface area contributed by atoms with Crippen molar-refractivity contribution in [3.05, 3.63) is 58.8 Å². The van der Waals surface area contributed by atoms with Crippen LogP contribution in [0.25, 0.3) is 12.0 Å². The Kier molecular flexibility index (Phi) is 4.22. The number of aliphatic hydroxyl groups is 1. The third-order valence-electron chi connectivity index (χ3n) is 2.76. The van der Waals surface area contributed by atoms with Crippen LogP contribution in [0.4, 0.5) is 5.69 Å². The predicted molar refractivity (Wildman–Crippen MR) is 81.9 cm³/mol. The Bertz CT molecular complexity index is 574. The molecule has 2 rings (SSSR count). The molecule has 0 aliphatic rings. The van der Waals surface area contributed by atoms with Gasteiger partial charge in [-0.3, -0.25) is 0 Å². The van der Waals surface area contributed by atoms with E-state index in [0.29, 0.717) is 0 Å². The summed E-state index contributed by atoms with van der Waals surface area (Å²) < 4.78 is 2.82. The first-order valence-corrected chi connectivity index (χ1v) is 6.70. The molecule has 0 amide bonds. The van der Waals surface area contributed by atoms with E-state index in [0.717, 1.165) is 15.7 Å². The van der Waals surface area contributed by atoms with Crippen LogP contribution in [0.1, 0.15) is 5.56 Å². The molecule has 0 aliphatic carbocycles. The molecule has 2 aromatic rings. The van der Waals surface area contributed by atoms with E-state index in [2.05, 4.69) is 15.9 Å². The van der Waals surface area contributed by atoms with E-state index in [-0.39, 0.29) is 5.76 Å². The summed E-state index contributed by atoms with van der Waals surface area (Å²) >= 11 is 3.37. The molecule has 0 saturated carbocycles. The van der Waals surface area contributed by atoms with Crippen molar-refractivity contribution in [1.82, 2.24) is 0 Å². The summed E-state index contributed by atoms with van der Waals surface area (Å²) in [5.41, 5.74) is 1.90. The lowest BCUT2D eigenvalue weighted by molar-refractivity contribution is -0.568. The summed E-state index contributed by atoms with van der Waals surface area (Å²) in [4.78, 5) is 2.03. The maximum absolute atomic E-state index is 10.1. The minimum absolute atomic E-state index is 0.232. The van der Waals surface area contributed by atoms with Crippen molar-refractivity contribution < 1.29 is 9.67 Å². The molecular weight excluding hydrogens is 304 g/mol. The van der Waals surface area contributed by atoms with Gasteiger partial charge >= 0.3 is 0 Å². The highest BCUT2D eigenvalue weighted by atomic mass is 79.9. The van der Waals surface area contributed by atoms with Crippen molar-refractivity contribution in [3.8, 4) is 0 Å². The number of aromatic nitrogens is 1. The van der Waals surface area contributed by atoms with Gasteiger partial charge in [-0.2, -0.15) is 4.57 Å². The first-order chi connectivity index (χ1) is 9.06. The quantitative estimate of drug-likeness (QED) is 0.694. The molecule has 1 heterocycles. The monoisotopic (exact) mass is 319 g/mol. The number of pyridine rings is 1. The van der Waals surface area contributed by atoms with E-state index in [9.17, 15) is 5.11 Å². The molecule has 0 bridgehead atoms. The molecule has 0 saturated heterocycles. The first-order valence-electron chi connectivity index (χ1n) is 5.91. The third-order valence-corrected chi connectivity index (χ3v) is 3.29. The van der Waals surface area contributed by atoms with Gasteiger partial charge in [0.2, 0.25) is 6.20 Å². The molecule has 3 nitrogen and oxygen atoms in total. The Morgan fingerprint density at radius 3 is 2.21 bits per heavy atom. The van der Waals surface area contributed by atoms with E-state index in [1.165, 1.54) is 0 Å². The molecule has 0 aliphatic heterocycles. The fraction of sp³-hybridized carbons (Fsp3) is 0.133. The Balaban J connectivity index is 2.22. The molecule has 0 fully saturated rings. The lowest BCUT2D eigenvalue weighted by Gasteiger charge is -2.09. The summed E-state index contributed by atoms with van der Waals surface area (Å²) in [6.45, 7) is 0. The molecule has 98 valence electrons. The Morgan fingerprint density at radius 2 is 1.68 bits per heavy atom. The average molecular weight is 320 g/mol. The van der Waals surface area contributed by atoms with Gasteiger partial charge in [0.1, 0.15) is 0 Å². The van der Waals surface area contributed by atoms with Crippen molar-refractivity contribution in [2.45, 2.75) is 0 Å². The van der Waals surface area contributed by atoms with E-state index >= 15 is 0 Å². The standard InChI is InChI=1S/C15H15BrN2O/c1-17(2)14-7-9-18(10-8-14)11-15(19)12-3-5-13(16)6-4-12/h3-11H,1-2H3/p+1/b15-11+. The Hall–Kier alpha value is -1.81. The number of nitrogens with zero attached hydrogens (tertiary/aromatic N) is 2. The molecular formula is C15H16BrN2O+. The van der Waals surface area contributed by atoms with Gasteiger partial charge in [-0.05, 0) is 24.3 Å². The lowest BCUT2D eigenvalue weighted by Crippen LogP contribution is -2.25. The maximum atomic E-state index is 10.1. The molecule has 4 heteroatoms. The van der Waals surface area contributed by atoms with Crippen molar-refractivity contribution in [3.63, 3.8) is 0 Å². The average Bonchev–Trinajstić information content (AvgIpc) is 2.40. The van der Waals surface area contributed by atoms with Crippen LogP contribution in [0, 0.1) is 0 Å². The highest BCUT2D eigenvalue weighted by Gasteiger charge is 2.04. The molecule has 19 heavy (non-hydrogen) atoms. The van der Waals surface area contributed by atoms with Gasteiger partial charge in [0.15, 0.2) is 18.2 Å². The van der Waals surface area contributed by atoms with Crippen LogP contribution >= 0.6 is 15.9 Å². The molecule has 0 unspecified atom stereocenters. The smallest absolute Gasteiger partial charge is 0.216 e. The van der Waals surface area contributed by atoms with Gasteiger partial charge < -0.3 is 10.0 Å². The fourth-order valence-electron chi connectivity index (χ4n) is 1.65. The van der Waals surface area contributed by atoms with Crippen LogP contribution in [-0.4, -0.2) is 19.2 Å². The van der Waals surface area contributed by atoms with Crippen LogP contribution in [0.3, 0.4) is 0 Å². The third kappa shape index (κ3) is 3.58. The molecule has 1 aromatic carbocycles. The van der Waals surface area contributed by atoms with Crippen molar-refractivity contribution >= 4 is 33.6 Å². The predicted octanol–water partition coefficient (Wildman–Crippen LogP) is 3.32. The van der Waals surface area contributed by atoms with Crippen molar-refractivity contribution in [2.24, 2.45) is 0 Å². The first kappa shape index (κ1) is 13.6. The van der Waals surface area contributed by atoms with Gasteiger partial charge in [-0.25, -0.2) is 0 Å². The van der Waals surface area contributed by atoms with E-state index in [4.69, 9.17) is 0 Å². The van der Waals surface area contributed by atoms with Gasteiger partial charge in [0.25, 0.3) is 0 Å². The van der Waals surface area contributed by atoms with Gasteiger partial charge in [0, 0.05) is 42.0 Å². The van der Waals surface area contributed by atoms with E-state index in [1.54, 1.807) is 6.20 Å². The number of anilines is 1. The van der Waals surface area contributed by atoms with Crippen molar-refractivity contribution in [1.29, 1.82) is 0 Å². The topological polar surface area (TPSA) is 27.4 Å². The number of hydrogen-bond acceptors (Lipinski definition) is 2. The summed E-state index contributed by atoms with van der Waals surface area (Å²) in [6.07, 6.45) is 5.50. The molecule has 0 atom stereocenters. The largest absolute Gasteiger partial charge is 0.502 e. The zero-order chi connectivity index (χ0) is 13.8. The highest BCUT2D eigenvalue weighted by Crippen LogP contribution is 2.15. The van der Waals surface area contributed by atoms with E-state index < -0.39 is 0 Å². The zero-order valence-corrected chi connectivity index (χ0v) is 12.5. The molecule has 1 N–H and O–H groups in total. The number of benzene rings is 1. The second-order valence-corrected chi connectivity index (χ2v) is 5.33. The minimum atomic E-state index is 0.232. The summed E-state index contributed by atoms with van der Waals surface area (Å²) in [7, 11) is 3.99. The fourth-order valence-corrected chi connectivity index (χ4v) is 1.92. The second kappa shape index (κ2) is 5.89. The molecule has 1 aromatic heterocycles. The van der Waals surface area contributed by atoms with Gasteiger partial charge in [-0.15, -0.1) is 0 Å². The summed E-state index contributed by atoms with van der Waals surface area (Å²) in [6, 6.07) is 11.5. The normalized spacial score (nSPS) is 11.4. The zero-order valence-electron chi connectivity index (χ0n) is 10.9. The van der Waals surface area contributed by atoms with Crippen LogP contribution in [0.5, 0.6) is 0 Å². The van der Waals surface area contributed by atoms with Gasteiger partial charge in [0.05, 0.1) is 0 Å². The molecule has 0 radical (unpaired) electrons. The van der Waals surface area contributed by atoms with Crippen LogP contribution in [0.15, 0.2) is 53.3 Å². The number of halogens is 1. The summed E-state index contributed by atoms with van der Waals surface area (Å²) in [5.74, 6) is 0.232. The number of aliphatic hydroxyl groups excluding tert-OH is 1. The Morgan fingerprint density at radius 1 is 1.11 bits per heavy atom. The second-order valence-electron chi connectivity index (χ2n) is 4.42.